The Hall–Kier alpha value is -1.40. The first kappa shape index (κ1) is 59.6. The maximum Gasteiger partial charge on any atom is 0.305 e. The number of unbranched alkanes of at least 4 members (excludes halogenated alkanes) is 38. The average molecular weight is 862 g/mol. The molecule has 0 aliphatic rings. The molecule has 362 valence electrons. The SMILES string of the molecule is CCCCCCCCCCCCCCCCCCCCCCC(O)C(CO)NC(=O)CCCCCCC/C=C\CCCCCOC(=O)CCCCCCCCCCCCCC. The van der Waals surface area contributed by atoms with Gasteiger partial charge in [0.15, 0.2) is 0 Å². The van der Waals surface area contributed by atoms with Gasteiger partial charge in [0.1, 0.15) is 0 Å². The summed E-state index contributed by atoms with van der Waals surface area (Å²) in [5.41, 5.74) is 0. The Labute approximate surface area is 380 Å². The molecule has 0 saturated carbocycles. The molecule has 6 nitrogen and oxygen atoms in total. The Balaban J connectivity index is 3.50. The Kier molecular flexibility index (Phi) is 50.1. The van der Waals surface area contributed by atoms with Crippen molar-refractivity contribution in [1.29, 1.82) is 0 Å². The zero-order valence-corrected chi connectivity index (χ0v) is 41.2. The van der Waals surface area contributed by atoms with E-state index < -0.39 is 12.1 Å². The number of allylic oxidation sites excluding steroid dienone is 2. The van der Waals surface area contributed by atoms with Gasteiger partial charge in [0.05, 0.1) is 25.4 Å². The highest BCUT2D eigenvalue weighted by molar-refractivity contribution is 5.76. The highest BCUT2D eigenvalue weighted by atomic mass is 16.5. The van der Waals surface area contributed by atoms with Crippen LogP contribution in [-0.4, -0.2) is 47.4 Å². The lowest BCUT2D eigenvalue weighted by Crippen LogP contribution is -2.45. The molecule has 0 saturated heterocycles. The van der Waals surface area contributed by atoms with Gasteiger partial charge in [-0.05, 0) is 57.8 Å². The number of carbonyl (C=O) groups is 2. The van der Waals surface area contributed by atoms with Crippen LogP contribution in [0.15, 0.2) is 12.2 Å². The van der Waals surface area contributed by atoms with Gasteiger partial charge < -0.3 is 20.3 Å². The maximum atomic E-state index is 12.5. The van der Waals surface area contributed by atoms with Gasteiger partial charge >= 0.3 is 5.97 Å². The lowest BCUT2D eigenvalue weighted by Gasteiger charge is -2.22. The average Bonchev–Trinajstić information content (AvgIpc) is 3.26. The van der Waals surface area contributed by atoms with Crippen LogP contribution in [0.25, 0.3) is 0 Å². The second-order valence-electron chi connectivity index (χ2n) is 18.9. The molecule has 0 heterocycles. The van der Waals surface area contributed by atoms with Gasteiger partial charge in [-0.3, -0.25) is 9.59 Å². The minimum Gasteiger partial charge on any atom is -0.466 e. The van der Waals surface area contributed by atoms with Crippen molar-refractivity contribution in [3.05, 3.63) is 12.2 Å². The molecule has 6 heteroatoms. The highest BCUT2D eigenvalue weighted by Gasteiger charge is 2.20. The van der Waals surface area contributed by atoms with Gasteiger partial charge in [0.2, 0.25) is 5.91 Å². The fourth-order valence-electron chi connectivity index (χ4n) is 8.58. The van der Waals surface area contributed by atoms with E-state index in [9.17, 15) is 19.8 Å². The van der Waals surface area contributed by atoms with Crippen molar-refractivity contribution in [2.75, 3.05) is 13.2 Å². The third-order valence-corrected chi connectivity index (χ3v) is 12.8. The van der Waals surface area contributed by atoms with E-state index in [1.54, 1.807) is 0 Å². The summed E-state index contributed by atoms with van der Waals surface area (Å²) in [7, 11) is 0. The van der Waals surface area contributed by atoms with Crippen LogP contribution in [0.4, 0.5) is 0 Å². The monoisotopic (exact) mass is 862 g/mol. The first-order valence-electron chi connectivity index (χ1n) is 27.4. The van der Waals surface area contributed by atoms with E-state index in [0.29, 0.717) is 25.9 Å². The molecule has 0 spiro atoms. The summed E-state index contributed by atoms with van der Waals surface area (Å²) < 4.78 is 5.44. The summed E-state index contributed by atoms with van der Waals surface area (Å²) >= 11 is 0. The first-order valence-corrected chi connectivity index (χ1v) is 27.4. The van der Waals surface area contributed by atoms with Gasteiger partial charge in [-0.15, -0.1) is 0 Å². The number of amides is 1. The maximum absolute atomic E-state index is 12.5. The molecule has 0 bridgehead atoms. The molecule has 2 atom stereocenters. The first-order chi connectivity index (χ1) is 30.0. The third kappa shape index (κ3) is 47.9. The molecule has 0 aromatic heterocycles. The Morgan fingerprint density at radius 2 is 0.770 bits per heavy atom. The third-order valence-electron chi connectivity index (χ3n) is 12.8. The Morgan fingerprint density at radius 3 is 1.16 bits per heavy atom. The van der Waals surface area contributed by atoms with Crippen LogP contribution in [0, 0.1) is 0 Å². The van der Waals surface area contributed by atoms with Gasteiger partial charge in [-0.2, -0.15) is 0 Å². The molecule has 0 radical (unpaired) electrons. The predicted octanol–water partition coefficient (Wildman–Crippen LogP) is 16.5. The molecule has 0 aliphatic heterocycles. The number of aliphatic hydroxyl groups is 2. The largest absolute Gasteiger partial charge is 0.466 e. The molecule has 1 amide bonds. The predicted molar refractivity (Wildman–Crippen MR) is 264 cm³/mol. The molecular weight excluding hydrogens is 755 g/mol. The van der Waals surface area contributed by atoms with Crippen LogP contribution in [-0.2, 0) is 14.3 Å². The van der Waals surface area contributed by atoms with Crippen LogP contribution in [0.5, 0.6) is 0 Å². The van der Waals surface area contributed by atoms with Crippen LogP contribution in [0.1, 0.15) is 303 Å². The van der Waals surface area contributed by atoms with Crippen molar-refractivity contribution >= 4 is 11.9 Å². The van der Waals surface area contributed by atoms with Crippen molar-refractivity contribution in [3.8, 4) is 0 Å². The topological polar surface area (TPSA) is 95.9 Å². The molecular formula is C55H107NO5. The van der Waals surface area contributed by atoms with Gasteiger partial charge in [-0.1, -0.05) is 244 Å². The van der Waals surface area contributed by atoms with E-state index in [-0.39, 0.29) is 18.5 Å². The van der Waals surface area contributed by atoms with E-state index in [2.05, 4.69) is 31.3 Å². The summed E-state index contributed by atoms with van der Waals surface area (Å²) in [5.74, 6) is -0.0792. The number of aliphatic hydroxyl groups excluding tert-OH is 2. The second-order valence-corrected chi connectivity index (χ2v) is 18.9. The van der Waals surface area contributed by atoms with Crippen molar-refractivity contribution < 1.29 is 24.5 Å². The summed E-state index contributed by atoms with van der Waals surface area (Å²) in [6.07, 6.45) is 59.0. The normalized spacial score (nSPS) is 12.7. The number of carbonyl (C=O) groups excluding carboxylic acids is 2. The number of esters is 1. The number of nitrogens with one attached hydrogen (secondary N) is 1. The summed E-state index contributed by atoms with van der Waals surface area (Å²) in [6, 6.07) is -0.559. The van der Waals surface area contributed by atoms with E-state index in [0.717, 1.165) is 77.0 Å². The molecule has 0 aromatic rings. The summed E-state index contributed by atoms with van der Waals surface area (Å²) in [4.78, 5) is 24.5. The van der Waals surface area contributed by atoms with Crippen LogP contribution >= 0.6 is 0 Å². The van der Waals surface area contributed by atoms with Crippen molar-refractivity contribution in [1.82, 2.24) is 5.32 Å². The van der Waals surface area contributed by atoms with Gasteiger partial charge in [-0.25, -0.2) is 0 Å². The van der Waals surface area contributed by atoms with E-state index in [4.69, 9.17) is 4.74 Å². The Bertz CT molecular complexity index is 909. The number of ether oxygens (including phenoxy) is 1. The fraction of sp³-hybridized carbons (Fsp3) is 0.927. The van der Waals surface area contributed by atoms with Crippen molar-refractivity contribution in [3.63, 3.8) is 0 Å². The fourth-order valence-corrected chi connectivity index (χ4v) is 8.58. The van der Waals surface area contributed by atoms with Gasteiger partial charge in [0.25, 0.3) is 0 Å². The summed E-state index contributed by atoms with van der Waals surface area (Å²) in [5, 5.41) is 23.3. The minimum atomic E-state index is -0.680. The number of rotatable bonds is 51. The molecule has 2 unspecified atom stereocenters. The molecule has 0 aromatic carbocycles. The quantitative estimate of drug-likeness (QED) is 0.0322. The van der Waals surface area contributed by atoms with Gasteiger partial charge in [0, 0.05) is 12.8 Å². The smallest absolute Gasteiger partial charge is 0.305 e. The molecule has 0 rings (SSSR count). The van der Waals surface area contributed by atoms with Crippen LogP contribution < -0.4 is 5.32 Å². The van der Waals surface area contributed by atoms with E-state index in [1.165, 1.54) is 193 Å². The van der Waals surface area contributed by atoms with Crippen LogP contribution in [0.2, 0.25) is 0 Å². The lowest BCUT2D eigenvalue weighted by atomic mass is 10.0. The second kappa shape index (κ2) is 51.2. The molecule has 61 heavy (non-hydrogen) atoms. The lowest BCUT2D eigenvalue weighted by molar-refractivity contribution is -0.143. The zero-order chi connectivity index (χ0) is 44.4. The molecule has 0 fully saturated rings. The Morgan fingerprint density at radius 1 is 0.443 bits per heavy atom. The number of hydrogen-bond acceptors (Lipinski definition) is 5. The van der Waals surface area contributed by atoms with Crippen molar-refractivity contribution in [2.45, 2.75) is 315 Å². The summed E-state index contributed by atoms with van der Waals surface area (Å²) in [6.45, 7) is 4.91. The van der Waals surface area contributed by atoms with E-state index >= 15 is 0 Å². The highest BCUT2D eigenvalue weighted by Crippen LogP contribution is 2.17. The van der Waals surface area contributed by atoms with Crippen LogP contribution in [0.3, 0.4) is 0 Å². The van der Waals surface area contributed by atoms with E-state index in [1.807, 2.05) is 0 Å². The molecule has 3 N–H and O–H groups in total. The zero-order valence-electron chi connectivity index (χ0n) is 41.2. The van der Waals surface area contributed by atoms with Crippen molar-refractivity contribution in [2.24, 2.45) is 0 Å². The minimum absolute atomic E-state index is 0.0213. The number of hydrogen-bond donors (Lipinski definition) is 3. The molecule has 0 aliphatic carbocycles. The standard InChI is InChI=1S/C55H107NO5/c1-3-5-7-9-11-13-15-17-18-19-20-21-22-23-24-27-31-35-39-43-47-53(58)52(51-57)56-54(59)48-44-40-36-32-28-25-26-30-34-38-42-46-50-61-55(60)49-45-41-37-33-29-16-14-12-10-8-6-4-2/h26,30,52-53,57-58H,3-25,27-29,31-51H2,1-2H3,(H,56,59)/b30-26-.